The van der Waals surface area contributed by atoms with Crippen LogP contribution in [0.2, 0.25) is 0 Å². The Balaban J connectivity index is 1.63. The highest BCUT2D eigenvalue weighted by atomic mass is 15.3. The maximum absolute atomic E-state index is 4.31. The number of aromatic nitrogens is 2. The van der Waals surface area contributed by atoms with Gasteiger partial charge in [0.25, 0.3) is 0 Å². The first-order valence-electron chi connectivity index (χ1n) is 6.10. The predicted octanol–water partition coefficient (Wildman–Crippen LogP) is 2.18. The van der Waals surface area contributed by atoms with E-state index in [9.17, 15) is 0 Å². The highest BCUT2D eigenvalue weighted by Crippen LogP contribution is 2.31. The minimum Gasteiger partial charge on any atom is -0.313 e. The van der Waals surface area contributed by atoms with Crippen molar-refractivity contribution in [2.45, 2.75) is 45.7 Å². The van der Waals surface area contributed by atoms with Gasteiger partial charge in [0, 0.05) is 24.8 Å². The van der Waals surface area contributed by atoms with Crippen molar-refractivity contribution in [2.24, 2.45) is 5.92 Å². The third kappa shape index (κ3) is 3.67. The minimum atomic E-state index is 0.969. The van der Waals surface area contributed by atoms with Crippen LogP contribution in [-0.4, -0.2) is 16.3 Å². The van der Waals surface area contributed by atoms with Crippen LogP contribution in [0.15, 0.2) is 12.4 Å². The Morgan fingerprint density at radius 1 is 1.53 bits per heavy atom. The summed E-state index contributed by atoms with van der Waals surface area (Å²) >= 11 is 0. The lowest BCUT2D eigenvalue weighted by atomic mass is 10.3. The van der Waals surface area contributed by atoms with Gasteiger partial charge in [0.15, 0.2) is 0 Å². The molecule has 0 atom stereocenters. The number of rotatable bonds is 7. The van der Waals surface area contributed by atoms with Gasteiger partial charge in [-0.25, -0.2) is 0 Å². The molecule has 1 aliphatic carbocycles. The number of nitrogens with one attached hydrogen (secondary N) is 1. The van der Waals surface area contributed by atoms with Crippen molar-refractivity contribution in [2.75, 3.05) is 6.54 Å². The van der Waals surface area contributed by atoms with E-state index < -0.39 is 0 Å². The fraction of sp³-hybridized carbons (Fsp3) is 0.750. The zero-order valence-corrected chi connectivity index (χ0v) is 9.58. The van der Waals surface area contributed by atoms with Crippen LogP contribution < -0.4 is 5.32 Å². The quantitative estimate of drug-likeness (QED) is 0.695. The van der Waals surface area contributed by atoms with Crippen molar-refractivity contribution in [3.63, 3.8) is 0 Å². The molecule has 0 unspecified atom stereocenters. The zero-order chi connectivity index (χ0) is 10.5. The predicted molar refractivity (Wildman–Crippen MR) is 61.6 cm³/mol. The van der Waals surface area contributed by atoms with Gasteiger partial charge in [-0.3, -0.25) is 4.68 Å². The standard InChI is InChI=1S/C12H21N3/c1-2-7-15-10-12(9-14-15)8-13-6-5-11-3-4-11/h9-11,13H,2-8H2,1H3. The Kier molecular flexibility index (Phi) is 3.78. The Labute approximate surface area is 91.9 Å². The number of nitrogens with zero attached hydrogens (tertiary/aromatic N) is 2. The molecule has 15 heavy (non-hydrogen) atoms. The summed E-state index contributed by atoms with van der Waals surface area (Å²) in [7, 11) is 0. The Hall–Kier alpha value is -0.830. The zero-order valence-electron chi connectivity index (χ0n) is 9.58. The van der Waals surface area contributed by atoms with Crippen molar-refractivity contribution in [3.8, 4) is 0 Å². The summed E-state index contributed by atoms with van der Waals surface area (Å²) in [6, 6.07) is 0. The van der Waals surface area contributed by atoms with E-state index >= 15 is 0 Å². The van der Waals surface area contributed by atoms with E-state index in [1.165, 1.54) is 24.8 Å². The highest BCUT2D eigenvalue weighted by molar-refractivity contribution is 5.03. The van der Waals surface area contributed by atoms with Crippen molar-refractivity contribution in [1.82, 2.24) is 15.1 Å². The lowest BCUT2D eigenvalue weighted by molar-refractivity contribution is 0.597. The smallest absolute Gasteiger partial charge is 0.0534 e. The van der Waals surface area contributed by atoms with E-state index in [-0.39, 0.29) is 0 Å². The molecule has 3 heteroatoms. The van der Waals surface area contributed by atoms with Crippen LogP contribution >= 0.6 is 0 Å². The van der Waals surface area contributed by atoms with Gasteiger partial charge in [-0.1, -0.05) is 19.8 Å². The minimum absolute atomic E-state index is 0.969. The molecule has 0 amide bonds. The van der Waals surface area contributed by atoms with Crippen LogP contribution in [-0.2, 0) is 13.1 Å². The van der Waals surface area contributed by atoms with Gasteiger partial charge in [-0.05, 0) is 25.3 Å². The summed E-state index contributed by atoms with van der Waals surface area (Å²) in [5.41, 5.74) is 1.30. The topological polar surface area (TPSA) is 29.9 Å². The number of hydrogen-bond acceptors (Lipinski definition) is 2. The molecule has 1 aromatic heterocycles. The number of hydrogen-bond donors (Lipinski definition) is 1. The van der Waals surface area contributed by atoms with Crippen LogP contribution in [0, 0.1) is 5.92 Å². The molecular weight excluding hydrogens is 186 g/mol. The third-order valence-electron chi connectivity index (χ3n) is 2.89. The molecule has 1 fully saturated rings. The summed E-state index contributed by atoms with van der Waals surface area (Å²) in [6.07, 6.45) is 9.53. The van der Waals surface area contributed by atoms with E-state index in [0.717, 1.165) is 32.0 Å². The van der Waals surface area contributed by atoms with Gasteiger partial charge in [0.1, 0.15) is 0 Å². The normalized spacial score (nSPS) is 15.8. The molecular formula is C12H21N3. The monoisotopic (exact) mass is 207 g/mol. The fourth-order valence-corrected chi connectivity index (χ4v) is 1.79. The summed E-state index contributed by atoms with van der Waals surface area (Å²) in [5, 5.41) is 7.78. The van der Waals surface area contributed by atoms with Crippen molar-refractivity contribution in [1.29, 1.82) is 0 Å². The summed E-state index contributed by atoms with van der Waals surface area (Å²) in [6.45, 7) is 5.33. The summed E-state index contributed by atoms with van der Waals surface area (Å²) in [5.74, 6) is 1.03. The van der Waals surface area contributed by atoms with Crippen LogP contribution in [0.5, 0.6) is 0 Å². The van der Waals surface area contributed by atoms with Gasteiger partial charge < -0.3 is 5.32 Å². The highest BCUT2D eigenvalue weighted by Gasteiger charge is 2.19. The van der Waals surface area contributed by atoms with E-state index in [1.807, 2.05) is 10.9 Å². The van der Waals surface area contributed by atoms with Gasteiger partial charge >= 0.3 is 0 Å². The molecule has 0 aromatic carbocycles. The molecule has 1 saturated carbocycles. The van der Waals surface area contributed by atoms with E-state index in [2.05, 4.69) is 23.5 Å². The fourth-order valence-electron chi connectivity index (χ4n) is 1.79. The second-order valence-electron chi connectivity index (χ2n) is 4.52. The lowest BCUT2D eigenvalue weighted by Crippen LogP contribution is -2.14. The molecule has 0 spiro atoms. The van der Waals surface area contributed by atoms with Gasteiger partial charge in [-0.15, -0.1) is 0 Å². The average molecular weight is 207 g/mol. The molecule has 1 N–H and O–H groups in total. The van der Waals surface area contributed by atoms with Crippen molar-refractivity contribution >= 4 is 0 Å². The van der Waals surface area contributed by atoms with E-state index in [1.54, 1.807) is 0 Å². The second-order valence-corrected chi connectivity index (χ2v) is 4.52. The molecule has 0 bridgehead atoms. The summed E-state index contributed by atoms with van der Waals surface area (Å²) < 4.78 is 2.03. The van der Waals surface area contributed by atoms with Crippen LogP contribution in [0.1, 0.15) is 38.2 Å². The molecule has 3 nitrogen and oxygen atoms in total. The largest absolute Gasteiger partial charge is 0.313 e. The first kappa shape index (κ1) is 10.7. The molecule has 0 aliphatic heterocycles. The Morgan fingerprint density at radius 2 is 2.40 bits per heavy atom. The van der Waals surface area contributed by atoms with Gasteiger partial charge in [0.05, 0.1) is 6.20 Å². The first-order chi connectivity index (χ1) is 7.38. The van der Waals surface area contributed by atoms with Crippen molar-refractivity contribution in [3.05, 3.63) is 18.0 Å². The summed E-state index contributed by atoms with van der Waals surface area (Å²) in [4.78, 5) is 0. The molecule has 1 aliphatic rings. The molecule has 1 heterocycles. The third-order valence-corrected chi connectivity index (χ3v) is 2.89. The van der Waals surface area contributed by atoms with Crippen LogP contribution in [0.25, 0.3) is 0 Å². The molecule has 0 saturated heterocycles. The van der Waals surface area contributed by atoms with Crippen LogP contribution in [0.4, 0.5) is 0 Å². The average Bonchev–Trinajstić information content (AvgIpc) is 2.95. The van der Waals surface area contributed by atoms with Gasteiger partial charge in [-0.2, -0.15) is 5.10 Å². The second kappa shape index (κ2) is 5.31. The Morgan fingerprint density at radius 3 is 3.13 bits per heavy atom. The molecule has 0 radical (unpaired) electrons. The van der Waals surface area contributed by atoms with Crippen molar-refractivity contribution < 1.29 is 0 Å². The van der Waals surface area contributed by atoms with E-state index in [4.69, 9.17) is 0 Å². The Bertz CT molecular complexity index is 289. The number of aryl methyl sites for hydroxylation is 1. The maximum atomic E-state index is 4.31. The van der Waals surface area contributed by atoms with E-state index in [0.29, 0.717) is 0 Å². The lowest BCUT2D eigenvalue weighted by Gasteiger charge is -2.01. The first-order valence-corrected chi connectivity index (χ1v) is 6.10. The molecule has 2 rings (SSSR count). The van der Waals surface area contributed by atoms with Crippen LogP contribution in [0.3, 0.4) is 0 Å². The van der Waals surface area contributed by atoms with Gasteiger partial charge in [0.2, 0.25) is 0 Å². The molecule has 1 aromatic rings. The molecule has 84 valence electrons. The SMILES string of the molecule is CCCn1cc(CNCCC2CC2)cn1. The maximum Gasteiger partial charge on any atom is 0.0534 e.